The lowest BCUT2D eigenvalue weighted by molar-refractivity contribution is 0.0145. The van der Waals surface area contributed by atoms with Crippen molar-refractivity contribution in [3.05, 3.63) is 65.5 Å². The average molecular weight is 732 g/mol. The van der Waals surface area contributed by atoms with Crippen LogP contribution in [0.1, 0.15) is 74.3 Å². The molecule has 5 rings (SSSR count). The van der Waals surface area contributed by atoms with Gasteiger partial charge in [0.25, 0.3) is 0 Å². The molecule has 1 aliphatic heterocycles. The molecule has 1 aliphatic rings. The highest BCUT2D eigenvalue weighted by Crippen LogP contribution is 2.42. The van der Waals surface area contributed by atoms with E-state index in [0.29, 0.717) is 5.39 Å². The molecule has 1 aromatic heterocycles. The van der Waals surface area contributed by atoms with Gasteiger partial charge in [-0.3, -0.25) is 0 Å². The number of nitrogens with zero attached hydrogens (tertiary/aromatic N) is 5. The van der Waals surface area contributed by atoms with Gasteiger partial charge in [0.2, 0.25) is 0 Å². The monoisotopic (exact) mass is 731 g/mol. The Morgan fingerprint density at radius 3 is 2.27 bits per heavy atom. The molecular weight excluding hydrogens is 687 g/mol. The van der Waals surface area contributed by atoms with E-state index < -0.39 is 60.4 Å². The van der Waals surface area contributed by atoms with Crippen molar-refractivity contribution < 1.29 is 27.1 Å². The highest BCUT2D eigenvalue weighted by atomic mass is 28.3. The lowest BCUT2D eigenvalue weighted by Crippen LogP contribution is -2.56. The van der Waals surface area contributed by atoms with Crippen LogP contribution < -0.4 is 4.90 Å². The number of carbonyl (C=O) groups is 1. The molecule has 1 atom stereocenters. The van der Waals surface area contributed by atoms with Crippen molar-refractivity contribution in [2.45, 2.75) is 97.0 Å². The summed E-state index contributed by atoms with van der Waals surface area (Å²) in [4.78, 5) is 23.7. The molecule has 12 heteroatoms. The number of hydrogen-bond acceptors (Lipinski definition) is 6. The third-order valence-electron chi connectivity index (χ3n) is 10.1. The summed E-state index contributed by atoms with van der Waals surface area (Å²) >= 11 is 0. The molecule has 0 N–H and O–H groups in total. The summed E-state index contributed by atoms with van der Waals surface area (Å²) in [6.45, 7) is 18.3. The van der Waals surface area contributed by atoms with Gasteiger partial charge in [-0.1, -0.05) is 71.7 Å². The molecule has 274 valence electrons. The minimum Gasteiger partial charge on any atom is -0.444 e. The van der Waals surface area contributed by atoms with Crippen LogP contribution in [-0.4, -0.2) is 60.3 Å². The van der Waals surface area contributed by atoms with Gasteiger partial charge in [-0.15, -0.1) is 5.54 Å². The van der Waals surface area contributed by atoms with Crippen molar-refractivity contribution in [3.8, 4) is 28.7 Å². The molecule has 0 bridgehead atoms. The van der Waals surface area contributed by atoms with Crippen LogP contribution in [0.3, 0.4) is 0 Å². The molecule has 0 spiro atoms. The second kappa shape index (κ2) is 14.7. The summed E-state index contributed by atoms with van der Waals surface area (Å²) in [5.74, 6) is 0.366. The van der Waals surface area contributed by atoms with Gasteiger partial charge in [0.1, 0.15) is 36.6 Å². The Kier molecular flexibility index (Phi) is 10.9. The van der Waals surface area contributed by atoms with Crippen LogP contribution in [0.2, 0.25) is 16.6 Å². The number of carbonyl (C=O) groups excluding carboxylic acids is 1. The number of anilines is 1. The highest BCUT2D eigenvalue weighted by molar-refractivity contribution is 6.90. The number of halogens is 4. The molecule has 3 aromatic carbocycles. The fourth-order valence-electron chi connectivity index (χ4n) is 7.82. The molecule has 0 saturated carbocycles. The van der Waals surface area contributed by atoms with E-state index in [1.807, 2.05) is 0 Å². The maximum absolute atomic E-state index is 16.8. The summed E-state index contributed by atoms with van der Waals surface area (Å²) < 4.78 is 69.7. The first kappa shape index (κ1) is 38.5. The van der Waals surface area contributed by atoms with Crippen LogP contribution in [0.5, 0.6) is 0 Å². The highest BCUT2D eigenvalue weighted by Gasteiger charge is 2.42. The van der Waals surface area contributed by atoms with Gasteiger partial charge < -0.3 is 14.5 Å². The number of ether oxygens (including phenoxy) is 1. The second-order valence-corrected chi connectivity index (χ2v) is 20.9. The van der Waals surface area contributed by atoms with Crippen molar-refractivity contribution in [3.63, 3.8) is 0 Å². The first-order chi connectivity index (χ1) is 24.4. The number of aromatic nitrogens is 2. The summed E-state index contributed by atoms with van der Waals surface area (Å²) in [5.41, 5.74) is 2.73. The lowest BCUT2D eigenvalue weighted by atomic mass is 9.93. The molecule has 0 unspecified atom stereocenters. The Bertz CT molecular complexity index is 2110. The first-order valence-electron chi connectivity index (χ1n) is 17.6. The van der Waals surface area contributed by atoms with Crippen LogP contribution in [-0.2, 0) is 4.74 Å². The summed E-state index contributed by atoms with van der Waals surface area (Å²) in [6.07, 6.45) is -1.90. The molecule has 0 radical (unpaired) electrons. The molecular formula is C40H45F4N5O2Si. The van der Waals surface area contributed by atoms with Crippen molar-refractivity contribution in [2.24, 2.45) is 0 Å². The Balaban J connectivity index is 1.67. The fourth-order valence-corrected chi connectivity index (χ4v) is 13.0. The van der Waals surface area contributed by atoms with E-state index in [1.165, 1.54) is 17.0 Å². The third-order valence-corrected chi connectivity index (χ3v) is 16.4. The summed E-state index contributed by atoms with van der Waals surface area (Å²) in [7, 11) is -2.32. The molecule has 7 nitrogen and oxygen atoms in total. The zero-order valence-corrected chi connectivity index (χ0v) is 32.2. The van der Waals surface area contributed by atoms with Crippen molar-refractivity contribution in [2.75, 3.05) is 24.5 Å². The molecule has 2 heterocycles. The van der Waals surface area contributed by atoms with E-state index in [2.05, 4.69) is 69.0 Å². The number of amides is 1. The fraction of sp³-hybridized carbons (Fsp3) is 0.450. The Labute approximate surface area is 304 Å². The van der Waals surface area contributed by atoms with Crippen LogP contribution >= 0.6 is 0 Å². The molecule has 0 aliphatic carbocycles. The Morgan fingerprint density at radius 2 is 1.65 bits per heavy atom. The van der Waals surface area contributed by atoms with E-state index in [4.69, 9.17) is 4.74 Å². The molecule has 1 fully saturated rings. The van der Waals surface area contributed by atoms with Gasteiger partial charge in [-0.05, 0) is 60.5 Å². The normalized spacial score (nSPS) is 15.4. The van der Waals surface area contributed by atoms with Gasteiger partial charge in [-0.2, -0.15) is 19.6 Å². The van der Waals surface area contributed by atoms with Crippen LogP contribution in [0.15, 0.2) is 36.4 Å². The van der Waals surface area contributed by atoms with Gasteiger partial charge in [0.05, 0.1) is 29.7 Å². The van der Waals surface area contributed by atoms with E-state index in [-0.39, 0.29) is 70.4 Å². The maximum atomic E-state index is 16.8. The number of nitriles is 1. The smallest absolute Gasteiger partial charge is 0.410 e. The quantitative estimate of drug-likeness (QED) is 0.0850. The van der Waals surface area contributed by atoms with E-state index in [9.17, 15) is 10.1 Å². The van der Waals surface area contributed by atoms with Crippen LogP contribution in [0.4, 0.5) is 28.2 Å². The Morgan fingerprint density at radius 1 is 0.981 bits per heavy atom. The predicted molar refractivity (Wildman–Crippen MR) is 199 cm³/mol. The second-order valence-electron chi connectivity index (χ2n) is 15.4. The molecule has 1 amide bonds. The van der Waals surface area contributed by atoms with Crippen molar-refractivity contribution in [1.82, 2.24) is 14.9 Å². The number of rotatable bonds is 6. The number of hydrogen-bond donors (Lipinski definition) is 0. The topological polar surface area (TPSA) is 82.4 Å². The average Bonchev–Trinajstić information content (AvgIpc) is 3.05. The summed E-state index contributed by atoms with van der Waals surface area (Å²) in [6, 6.07) is 10.2. The lowest BCUT2D eigenvalue weighted by Gasteiger charge is -2.41. The predicted octanol–water partition coefficient (Wildman–Crippen LogP) is 9.92. The van der Waals surface area contributed by atoms with E-state index >= 15 is 17.6 Å². The van der Waals surface area contributed by atoms with Crippen molar-refractivity contribution in [1.29, 1.82) is 5.26 Å². The molecule has 4 aromatic rings. The standard InChI is InChI=1S/C40H45F4N5O2Si/c1-23(2)52(24(3)4,25(5)6)20-16-28-31(41)14-13-26-11-10-12-29(33(26)28)34-32(42)21-30-36(35(34)43)46-38(44)47-37(30)48-18-19-49(27(22-48)15-17-45)39(50)51-40(7,8)9/h10-14,21,23-25,27H,15,18-19,22H2,1-9H3/t27-/m0/s1. The zero-order valence-electron chi connectivity index (χ0n) is 31.2. The number of fused-ring (bicyclic) bond motifs is 2. The molecule has 52 heavy (non-hydrogen) atoms. The Hall–Kier alpha value is -4.68. The number of benzene rings is 3. The van der Waals surface area contributed by atoms with Crippen LogP contribution in [0.25, 0.3) is 32.8 Å². The minimum atomic E-state index is -2.32. The van der Waals surface area contributed by atoms with Crippen molar-refractivity contribution >= 4 is 41.7 Å². The van der Waals surface area contributed by atoms with E-state index in [0.717, 1.165) is 6.07 Å². The van der Waals surface area contributed by atoms with Crippen LogP contribution in [0, 0.1) is 46.3 Å². The van der Waals surface area contributed by atoms with Gasteiger partial charge >= 0.3 is 12.2 Å². The number of piperazine rings is 1. The summed E-state index contributed by atoms with van der Waals surface area (Å²) in [5, 5.41) is 10.2. The maximum Gasteiger partial charge on any atom is 0.410 e. The minimum absolute atomic E-state index is 0.0297. The first-order valence-corrected chi connectivity index (χ1v) is 19.9. The van der Waals surface area contributed by atoms with Gasteiger partial charge in [0.15, 0.2) is 5.82 Å². The SMILES string of the molecule is CC(C)[Si](C#Cc1c(F)ccc2cccc(-c3c(F)cc4c(N5CCN(C(=O)OC(C)(C)C)[C@@H](CC#N)C5)nc(F)nc4c3F)c12)(C(C)C)C(C)C. The largest absolute Gasteiger partial charge is 0.444 e. The van der Waals surface area contributed by atoms with E-state index in [1.54, 1.807) is 43.9 Å². The van der Waals surface area contributed by atoms with Gasteiger partial charge in [-0.25, -0.2) is 18.0 Å². The molecule has 1 saturated heterocycles. The third kappa shape index (κ3) is 7.18. The van der Waals surface area contributed by atoms with Gasteiger partial charge in [0, 0.05) is 30.4 Å². The zero-order chi connectivity index (χ0) is 38.3.